The van der Waals surface area contributed by atoms with E-state index in [0.29, 0.717) is 6.54 Å². The molecule has 0 bridgehead atoms. The smallest absolute Gasteiger partial charge is 0.224 e. The van der Waals surface area contributed by atoms with Gasteiger partial charge in [-0.2, -0.15) is 0 Å². The highest BCUT2D eigenvalue weighted by molar-refractivity contribution is 5.82. The molecule has 0 fully saturated rings. The number of hydrogen-bond acceptors (Lipinski definition) is 3. The Morgan fingerprint density at radius 1 is 1.30 bits per heavy atom. The number of fused-ring (bicyclic) bond motifs is 1. The summed E-state index contributed by atoms with van der Waals surface area (Å²) in [7, 11) is 0. The van der Waals surface area contributed by atoms with Crippen LogP contribution in [0.1, 0.15) is 19.4 Å². The summed E-state index contributed by atoms with van der Waals surface area (Å²) >= 11 is 0. The van der Waals surface area contributed by atoms with E-state index in [1.54, 1.807) is 6.20 Å². The standard InChI is InChI=1S/C16H21N3O/c1-11(12(2)17)16(20)19-10-8-14-6-3-5-13-7-4-9-18-15(13)14/h3-7,9,11-12H,8,10,17H2,1-2H3,(H,19,20). The van der Waals surface area contributed by atoms with Gasteiger partial charge >= 0.3 is 0 Å². The predicted molar refractivity (Wildman–Crippen MR) is 81.3 cm³/mol. The van der Waals surface area contributed by atoms with Crippen LogP contribution in [0.5, 0.6) is 0 Å². The minimum absolute atomic E-state index is 0.00759. The Morgan fingerprint density at radius 3 is 2.80 bits per heavy atom. The fraction of sp³-hybridized carbons (Fsp3) is 0.375. The quantitative estimate of drug-likeness (QED) is 0.872. The van der Waals surface area contributed by atoms with Gasteiger partial charge in [-0.15, -0.1) is 0 Å². The van der Waals surface area contributed by atoms with E-state index in [4.69, 9.17) is 5.73 Å². The third kappa shape index (κ3) is 3.33. The van der Waals surface area contributed by atoms with Gasteiger partial charge < -0.3 is 11.1 Å². The molecule has 0 aliphatic rings. The molecule has 1 aromatic carbocycles. The second-order valence-electron chi connectivity index (χ2n) is 5.18. The molecule has 2 atom stereocenters. The fourth-order valence-corrected chi connectivity index (χ4v) is 2.09. The molecule has 2 unspecified atom stereocenters. The van der Waals surface area contributed by atoms with Crippen LogP contribution >= 0.6 is 0 Å². The summed E-state index contributed by atoms with van der Waals surface area (Å²) < 4.78 is 0. The number of hydrogen-bond donors (Lipinski definition) is 2. The van der Waals surface area contributed by atoms with E-state index in [-0.39, 0.29) is 17.9 Å². The van der Waals surface area contributed by atoms with Gasteiger partial charge in [0, 0.05) is 30.1 Å². The van der Waals surface area contributed by atoms with Crippen molar-refractivity contribution in [3.8, 4) is 0 Å². The maximum absolute atomic E-state index is 11.8. The molecule has 0 aliphatic carbocycles. The van der Waals surface area contributed by atoms with E-state index >= 15 is 0 Å². The minimum Gasteiger partial charge on any atom is -0.355 e. The first-order valence-electron chi connectivity index (χ1n) is 6.95. The molecule has 20 heavy (non-hydrogen) atoms. The highest BCUT2D eigenvalue weighted by atomic mass is 16.1. The van der Waals surface area contributed by atoms with Gasteiger partial charge in [0.25, 0.3) is 0 Å². The second-order valence-corrected chi connectivity index (χ2v) is 5.18. The van der Waals surface area contributed by atoms with Crippen molar-refractivity contribution in [2.75, 3.05) is 6.54 Å². The number of benzene rings is 1. The molecule has 106 valence electrons. The van der Waals surface area contributed by atoms with Crippen molar-refractivity contribution >= 4 is 16.8 Å². The highest BCUT2D eigenvalue weighted by Crippen LogP contribution is 2.16. The molecular formula is C16H21N3O. The summed E-state index contributed by atoms with van der Waals surface area (Å²) in [5, 5.41) is 4.06. The van der Waals surface area contributed by atoms with Crippen LogP contribution in [-0.4, -0.2) is 23.5 Å². The Balaban J connectivity index is 1.98. The predicted octanol–water partition coefficient (Wildman–Crippen LogP) is 1.88. The average molecular weight is 271 g/mol. The largest absolute Gasteiger partial charge is 0.355 e. The first kappa shape index (κ1) is 14.5. The van der Waals surface area contributed by atoms with Crippen LogP contribution in [0.2, 0.25) is 0 Å². The number of pyridine rings is 1. The lowest BCUT2D eigenvalue weighted by Crippen LogP contribution is -2.39. The van der Waals surface area contributed by atoms with Crippen molar-refractivity contribution in [3.63, 3.8) is 0 Å². The summed E-state index contributed by atoms with van der Waals surface area (Å²) in [5.74, 6) is -0.158. The number of nitrogens with zero attached hydrogens (tertiary/aromatic N) is 1. The zero-order valence-corrected chi connectivity index (χ0v) is 12.0. The van der Waals surface area contributed by atoms with Gasteiger partial charge in [0.1, 0.15) is 0 Å². The van der Waals surface area contributed by atoms with Crippen molar-refractivity contribution in [2.45, 2.75) is 26.3 Å². The van der Waals surface area contributed by atoms with Crippen LogP contribution in [0.25, 0.3) is 10.9 Å². The SMILES string of the molecule is CC(N)C(C)C(=O)NCCc1cccc2cccnc12. The number of carbonyl (C=O) groups is 1. The summed E-state index contributed by atoms with van der Waals surface area (Å²) in [6, 6.07) is 9.96. The number of aromatic nitrogens is 1. The van der Waals surface area contributed by atoms with Gasteiger partial charge in [0.2, 0.25) is 5.91 Å². The van der Waals surface area contributed by atoms with E-state index in [1.807, 2.05) is 38.1 Å². The number of amides is 1. The summed E-state index contributed by atoms with van der Waals surface area (Å²) in [4.78, 5) is 16.2. The van der Waals surface area contributed by atoms with Crippen molar-refractivity contribution in [1.29, 1.82) is 0 Å². The number of nitrogens with one attached hydrogen (secondary N) is 1. The molecule has 2 rings (SSSR count). The van der Waals surface area contributed by atoms with Gasteiger partial charge in [0.05, 0.1) is 5.52 Å². The lowest BCUT2D eigenvalue weighted by Gasteiger charge is -2.15. The molecule has 0 spiro atoms. The van der Waals surface area contributed by atoms with Crippen LogP contribution in [0.3, 0.4) is 0 Å². The van der Waals surface area contributed by atoms with Gasteiger partial charge in [-0.1, -0.05) is 31.2 Å². The maximum Gasteiger partial charge on any atom is 0.224 e. The van der Waals surface area contributed by atoms with E-state index in [1.165, 1.54) is 0 Å². The fourth-order valence-electron chi connectivity index (χ4n) is 2.09. The van der Waals surface area contributed by atoms with E-state index in [0.717, 1.165) is 22.9 Å². The highest BCUT2D eigenvalue weighted by Gasteiger charge is 2.16. The van der Waals surface area contributed by atoms with Crippen LogP contribution in [0.4, 0.5) is 0 Å². The normalized spacial score (nSPS) is 13.9. The van der Waals surface area contributed by atoms with Crippen molar-refractivity contribution in [3.05, 3.63) is 42.1 Å². The van der Waals surface area contributed by atoms with Gasteiger partial charge in [-0.25, -0.2) is 0 Å². The molecule has 0 saturated carbocycles. The average Bonchev–Trinajstić information content (AvgIpc) is 2.46. The van der Waals surface area contributed by atoms with E-state index in [9.17, 15) is 4.79 Å². The molecule has 0 radical (unpaired) electrons. The first-order valence-corrected chi connectivity index (χ1v) is 6.95. The Bertz CT molecular complexity index is 590. The molecule has 1 aromatic heterocycles. The van der Waals surface area contributed by atoms with Gasteiger partial charge in [-0.3, -0.25) is 9.78 Å². The Labute approximate surface area is 119 Å². The van der Waals surface area contributed by atoms with Crippen LogP contribution < -0.4 is 11.1 Å². The summed E-state index contributed by atoms with van der Waals surface area (Å²) in [6.45, 7) is 4.30. The lowest BCUT2D eigenvalue weighted by molar-refractivity contribution is -0.124. The van der Waals surface area contributed by atoms with Gasteiger partial charge in [-0.05, 0) is 25.0 Å². The van der Waals surface area contributed by atoms with Crippen molar-refractivity contribution < 1.29 is 4.79 Å². The summed E-state index contributed by atoms with van der Waals surface area (Å²) in [6.07, 6.45) is 2.56. The van der Waals surface area contributed by atoms with Crippen molar-refractivity contribution in [2.24, 2.45) is 11.7 Å². The van der Waals surface area contributed by atoms with E-state index < -0.39 is 0 Å². The molecule has 1 amide bonds. The molecule has 1 heterocycles. The summed E-state index contributed by atoms with van der Waals surface area (Å²) in [5.41, 5.74) is 7.88. The molecule has 4 nitrogen and oxygen atoms in total. The number of rotatable bonds is 5. The van der Waals surface area contributed by atoms with Crippen LogP contribution in [0.15, 0.2) is 36.5 Å². The maximum atomic E-state index is 11.8. The molecule has 3 N–H and O–H groups in total. The molecule has 2 aromatic rings. The zero-order valence-electron chi connectivity index (χ0n) is 12.0. The van der Waals surface area contributed by atoms with Gasteiger partial charge in [0.15, 0.2) is 0 Å². The second kappa shape index (κ2) is 6.48. The lowest BCUT2D eigenvalue weighted by atomic mass is 10.0. The third-order valence-electron chi connectivity index (χ3n) is 3.61. The minimum atomic E-state index is -0.166. The monoisotopic (exact) mass is 271 g/mol. The number of para-hydroxylation sites is 1. The topological polar surface area (TPSA) is 68.0 Å². The first-order chi connectivity index (χ1) is 9.59. The third-order valence-corrected chi connectivity index (χ3v) is 3.61. The zero-order chi connectivity index (χ0) is 14.5. The van der Waals surface area contributed by atoms with Crippen LogP contribution in [-0.2, 0) is 11.2 Å². The number of nitrogens with two attached hydrogens (primary N) is 1. The van der Waals surface area contributed by atoms with Crippen LogP contribution in [0, 0.1) is 5.92 Å². The molecule has 4 heteroatoms. The number of carbonyl (C=O) groups excluding carboxylic acids is 1. The molecule has 0 saturated heterocycles. The van der Waals surface area contributed by atoms with E-state index in [2.05, 4.69) is 16.4 Å². The Hall–Kier alpha value is -1.94. The Morgan fingerprint density at radius 2 is 2.05 bits per heavy atom. The molecular weight excluding hydrogens is 250 g/mol. The molecule has 0 aliphatic heterocycles. The Kier molecular flexibility index (Phi) is 4.69. The van der Waals surface area contributed by atoms with Crippen molar-refractivity contribution in [1.82, 2.24) is 10.3 Å².